The number of hydrogen-bond acceptors (Lipinski definition) is 2. The molecule has 0 aromatic rings. The molecule has 0 unspecified atom stereocenters. The fourth-order valence-electron chi connectivity index (χ4n) is 3.17. The number of hydrogen-bond donors (Lipinski definition) is 0. The maximum atomic E-state index is 11.6. The van der Waals surface area contributed by atoms with Gasteiger partial charge in [0.1, 0.15) is 0 Å². The zero-order chi connectivity index (χ0) is 10.9. The molecule has 0 aromatic carbocycles. The fraction of sp³-hybridized carbons (Fsp3) is 1.00. The van der Waals surface area contributed by atoms with Crippen molar-refractivity contribution in [2.45, 2.75) is 51.0 Å². The van der Waals surface area contributed by atoms with Gasteiger partial charge in [0.2, 0.25) is 10.0 Å². The van der Waals surface area contributed by atoms with Crippen LogP contribution in [0.25, 0.3) is 0 Å². The third-order valence-corrected chi connectivity index (χ3v) is 5.17. The molecule has 0 N–H and O–H groups in total. The molecule has 0 spiro atoms. The largest absolute Gasteiger partial charge is 0.212 e. The van der Waals surface area contributed by atoms with Gasteiger partial charge in [0.05, 0.1) is 6.26 Å². The van der Waals surface area contributed by atoms with Crippen LogP contribution in [0.3, 0.4) is 0 Å². The van der Waals surface area contributed by atoms with E-state index in [0.717, 1.165) is 19.4 Å². The summed E-state index contributed by atoms with van der Waals surface area (Å²) < 4.78 is 25.0. The van der Waals surface area contributed by atoms with E-state index < -0.39 is 10.0 Å². The van der Waals surface area contributed by atoms with Crippen LogP contribution < -0.4 is 0 Å². The molecule has 1 saturated carbocycles. The normalized spacial score (nSPS) is 30.9. The molecule has 0 radical (unpaired) electrons. The van der Waals surface area contributed by atoms with Crippen molar-refractivity contribution in [2.24, 2.45) is 5.92 Å². The highest BCUT2D eigenvalue weighted by Crippen LogP contribution is 2.35. The molecule has 0 amide bonds. The standard InChI is InChI=1S/C11H21NO2S/c1-15(13,14)12-9-5-8-11(12)10-6-3-2-4-7-10/h10-11H,2-9H2,1H3/t11-/m0/s1. The molecule has 1 atom stereocenters. The second-order valence-electron chi connectivity index (χ2n) is 4.98. The molecule has 15 heavy (non-hydrogen) atoms. The second-order valence-corrected chi connectivity index (χ2v) is 6.92. The van der Waals surface area contributed by atoms with E-state index in [9.17, 15) is 8.42 Å². The van der Waals surface area contributed by atoms with Crippen LogP contribution in [-0.2, 0) is 10.0 Å². The van der Waals surface area contributed by atoms with Gasteiger partial charge < -0.3 is 0 Å². The average molecular weight is 231 g/mol. The monoisotopic (exact) mass is 231 g/mol. The minimum Gasteiger partial charge on any atom is -0.212 e. The molecular formula is C11H21NO2S. The minimum atomic E-state index is -2.97. The Morgan fingerprint density at radius 2 is 1.67 bits per heavy atom. The summed E-state index contributed by atoms with van der Waals surface area (Å²) in [5, 5.41) is 0. The summed E-state index contributed by atoms with van der Waals surface area (Å²) in [6, 6.07) is 0.320. The quantitative estimate of drug-likeness (QED) is 0.729. The number of sulfonamides is 1. The Balaban J connectivity index is 2.07. The van der Waals surface area contributed by atoms with Crippen LogP contribution in [0.4, 0.5) is 0 Å². The molecular weight excluding hydrogens is 210 g/mol. The van der Waals surface area contributed by atoms with E-state index in [2.05, 4.69) is 0 Å². The van der Waals surface area contributed by atoms with E-state index in [-0.39, 0.29) is 0 Å². The Morgan fingerprint density at radius 3 is 2.27 bits per heavy atom. The summed E-state index contributed by atoms with van der Waals surface area (Å²) >= 11 is 0. The van der Waals surface area contributed by atoms with Crippen LogP contribution in [-0.4, -0.2) is 31.6 Å². The Labute approximate surface area is 92.9 Å². The zero-order valence-corrected chi connectivity index (χ0v) is 10.3. The summed E-state index contributed by atoms with van der Waals surface area (Å²) in [4.78, 5) is 0. The van der Waals surface area contributed by atoms with Crippen LogP contribution in [0.1, 0.15) is 44.9 Å². The lowest BCUT2D eigenvalue weighted by atomic mass is 9.83. The summed E-state index contributed by atoms with van der Waals surface area (Å²) in [7, 11) is -2.97. The maximum Gasteiger partial charge on any atom is 0.211 e. The number of nitrogens with zero attached hydrogens (tertiary/aromatic N) is 1. The lowest BCUT2D eigenvalue weighted by Crippen LogP contribution is -2.40. The molecule has 1 heterocycles. The van der Waals surface area contributed by atoms with Crippen molar-refractivity contribution in [1.82, 2.24) is 4.31 Å². The lowest BCUT2D eigenvalue weighted by Gasteiger charge is -2.32. The second kappa shape index (κ2) is 4.42. The van der Waals surface area contributed by atoms with E-state index in [1.807, 2.05) is 0 Å². The van der Waals surface area contributed by atoms with Gasteiger partial charge in [-0.05, 0) is 31.6 Å². The zero-order valence-electron chi connectivity index (χ0n) is 9.48. The molecule has 0 aromatic heterocycles. The van der Waals surface area contributed by atoms with Crippen molar-refractivity contribution >= 4 is 10.0 Å². The van der Waals surface area contributed by atoms with Gasteiger partial charge in [-0.25, -0.2) is 8.42 Å². The van der Waals surface area contributed by atoms with Crippen LogP contribution in [0.5, 0.6) is 0 Å². The highest BCUT2D eigenvalue weighted by atomic mass is 32.2. The molecule has 1 aliphatic heterocycles. The molecule has 2 fully saturated rings. The van der Waals surface area contributed by atoms with E-state index in [1.165, 1.54) is 38.4 Å². The van der Waals surface area contributed by atoms with E-state index in [4.69, 9.17) is 0 Å². The topological polar surface area (TPSA) is 37.4 Å². The summed E-state index contributed by atoms with van der Waals surface area (Å²) in [6.07, 6.45) is 9.87. The molecule has 2 rings (SSSR count). The smallest absolute Gasteiger partial charge is 0.211 e. The van der Waals surface area contributed by atoms with Crippen molar-refractivity contribution < 1.29 is 8.42 Å². The molecule has 2 aliphatic rings. The summed E-state index contributed by atoms with van der Waals surface area (Å²) in [5.74, 6) is 0.635. The van der Waals surface area contributed by atoms with Gasteiger partial charge >= 0.3 is 0 Å². The molecule has 88 valence electrons. The van der Waals surface area contributed by atoms with Gasteiger partial charge in [0.25, 0.3) is 0 Å². The van der Waals surface area contributed by atoms with E-state index in [1.54, 1.807) is 4.31 Å². The van der Waals surface area contributed by atoms with Gasteiger partial charge in [-0.15, -0.1) is 0 Å². The third kappa shape index (κ3) is 2.53. The first-order chi connectivity index (χ1) is 7.09. The van der Waals surface area contributed by atoms with E-state index >= 15 is 0 Å². The molecule has 0 bridgehead atoms. The Hall–Kier alpha value is -0.0900. The first-order valence-corrected chi connectivity index (χ1v) is 7.90. The molecule has 4 heteroatoms. The van der Waals surface area contributed by atoms with Crippen molar-refractivity contribution in [3.8, 4) is 0 Å². The van der Waals surface area contributed by atoms with Crippen molar-refractivity contribution in [2.75, 3.05) is 12.8 Å². The predicted molar refractivity (Wildman–Crippen MR) is 61.1 cm³/mol. The predicted octanol–water partition coefficient (Wildman–Crippen LogP) is 1.99. The molecule has 3 nitrogen and oxygen atoms in total. The first-order valence-electron chi connectivity index (χ1n) is 6.06. The lowest BCUT2D eigenvalue weighted by molar-refractivity contribution is 0.227. The highest BCUT2D eigenvalue weighted by molar-refractivity contribution is 7.88. The van der Waals surface area contributed by atoms with Gasteiger partial charge in [-0.1, -0.05) is 19.3 Å². The Morgan fingerprint density at radius 1 is 1.00 bits per heavy atom. The van der Waals surface area contributed by atoms with Crippen LogP contribution >= 0.6 is 0 Å². The van der Waals surface area contributed by atoms with Crippen molar-refractivity contribution in [1.29, 1.82) is 0 Å². The van der Waals surface area contributed by atoms with Gasteiger partial charge in [0.15, 0.2) is 0 Å². The van der Waals surface area contributed by atoms with Crippen molar-refractivity contribution in [3.63, 3.8) is 0 Å². The maximum absolute atomic E-state index is 11.6. The average Bonchev–Trinajstić information content (AvgIpc) is 2.67. The van der Waals surface area contributed by atoms with E-state index in [0.29, 0.717) is 12.0 Å². The van der Waals surface area contributed by atoms with Crippen molar-refractivity contribution in [3.05, 3.63) is 0 Å². The summed E-state index contributed by atoms with van der Waals surface area (Å²) in [6.45, 7) is 0.750. The number of rotatable bonds is 2. The van der Waals surface area contributed by atoms with Gasteiger partial charge in [-0.2, -0.15) is 4.31 Å². The Kier molecular flexibility index (Phi) is 3.36. The highest BCUT2D eigenvalue weighted by Gasteiger charge is 2.36. The molecule has 1 saturated heterocycles. The Bertz CT molecular complexity index is 307. The van der Waals surface area contributed by atoms with Crippen LogP contribution in [0, 0.1) is 5.92 Å². The third-order valence-electron chi connectivity index (χ3n) is 3.87. The van der Waals surface area contributed by atoms with Gasteiger partial charge in [0, 0.05) is 12.6 Å². The van der Waals surface area contributed by atoms with Crippen LogP contribution in [0.15, 0.2) is 0 Å². The SMILES string of the molecule is CS(=O)(=O)N1CCC[C@H]1C1CCCCC1. The van der Waals surface area contributed by atoms with Gasteiger partial charge in [-0.3, -0.25) is 0 Å². The summed E-state index contributed by atoms with van der Waals surface area (Å²) in [5.41, 5.74) is 0. The first kappa shape index (κ1) is 11.4. The van der Waals surface area contributed by atoms with Crippen LogP contribution in [0.2, 0.25) is 0 Å². The minimum absolute atomic E-state index is 0.320. The molecule has 1 aliphatic carbocycles. The fourth-order valence-corrected chi connectivity index (χ4v) is 4.40.